The Morgan fingerprint density at radius 2 is 2.36 bits per heavy atom. The van der Waals surface area contributed by atoms with Gasteiger partial charge in [-0.15, -0.1) is 0 Å². The molecule has 0 bridgehead atoms. The van der Waals surface area contributed by atoms with Crippen LogP contribution in [-0.2, 0) is 0 Å². The van der Waals surface area contributed by atoms with E-state index in [0.717, 1.165) is 25.1 Å². The largest absolute Gasteiger partial charge is 0.403 e. The molecule has 0 heterocycles. The molecule has 66 valence electrons. The van der Waals surface area contributed by atoms with Crippen LogP contribution >= 0.6 is 0 Å². The van der Waals surface area contributed by atoms with Crippen LogP contribution in [0.25, 0.3) is 0 Å². The average Bonchev–Trinajstić information content (AvgIpc) is 2.04. The summed E-state index contributed by atoms with van der Waals surface area (Å²) in [6, 6.07) is 0. The van der Waals surface area contributed by atoms with Gasteiger partial charge in [0.15, 0.2) is 0 Å². The molecule has 0 aliphatic carbocycles. The normalized spacial score (nSPS) is 14.6. The summed E-state index contributed by atoms with van der Waals surface area (Å²) in [5.41, 5.74) is 6.19. The van der Waals surface area contributed by atoms with Crippen LogP contribution in [0.3, 0.4) is 0 Å². The number of hydrogen-bond donors (Lipinski definition) is 3. The molecule has 1 atom stereocenters. The predicted molar refractivity (Wildman–Crippen MR) is 46.9 cm³/mol. The molecule has 0 amide bonds. The summed E-state index contributed by atoms with van der Waals surface area (Å²) in [5.74, 6) is 0. The minimum atomic E-state index is -0.187. The van der Waals surface area contributed by atoms with Gasteiger partial charge in [-0.1, -0.05) is 6.92 Å². The van der Waals surface area contributed by atoms with Crippen molar-refractivity contribution >= 4 is 0 Å². The predicted octanol–water partition coefficient (Wildman–Crippen LogP) is 0.557. The smallest absolute Gasteiger partial charge is 0.0554 e. The van der Waals surface area contributed by atoms with Gasteiger partial charge in [-0.25, -0.2) is 0 Å². The molecule has 0 aromatic heterocycles. The van der Waals surface area contributed by atoms with Gasteiger partial charge in [0.2, 0.25) is 0 Å². The monoisotopic (exact) mass is 158 g/mol. The van der Waals surface area contributed by atoms with Gasteiger partial charge in [-0.3, -0.25) is 0 Å². The lowest BCUT2D eigenvalue weighted by Crippen LogP contribution is -2.19. The first kappa shape index (κ1) is 10.3. The van der Waals surface area contributed by atoms with E-state index in [-0.39, 0.29) is 6.10 Å². The number of nitrogens with one attached hydrogen (secondary N) is 1. The number of nitrogens with two attached hydrogens (primary N) is 1. The van der Waals surface area contributed by atoms with Gasteiger partial charge in [0.05, 0.1) is 6.10 Å². The number of rotatable bonds is 5. The zero-order valence-electron chi connectivity index (χ0n) is 7.30. The molecular formula is C8H18N2O. The van der Waals surface area contributed by atoms with Crippen molar-refractivity contribution in [1.29, 1.82) is 0 Å². The van der Waals surface area contributed by atoms with Crippen LogP contribution in [-0.4, -0.2) is 17.8 Å². The molecule has 11 heavy (non-hydrogen) atoms. The molecule has 0 aromatic carbocycles. The number of allylic oxidation sites excluding steroid dienone is 1. The van der Waals surface area contributed by atoms with Crippen molar-refractivity contribution in [2.45, 2.75) is 32.8 Å². The molecule has 0 aliphatic heterocycles. The first-order chi connectivity index (χ1) is 5.20. The van der Waals surface area contributed by atoms with Gasteiger partial charge in [0.1, 0.15) is 0 Å². The van der Waals surface area contributed by atoms with Crippen LogP contribution in [0.1, 0.15) is 26.7 Å². The van der Waals surface area contributed by atoms with Crippen molar-refractivity contribution in [3.05, 3.63) is 11.9 Å². The van der Waals surface area contributed by atoms with E-state index >= 15 is 0 Å². The summed E-state index contributed by atoms with van der Waals surface area (Å²) < 4.78 is 0. The van der Waals surface area contributed by atoms with Gasteiger partial charge < -0.3 is 16.2 Å². The highest BCUT2D eigenvalue weighted by molar-refractivity contribution is 4.91. The zero-order valence-corrected chi connectivity index (χ0v) is 7.30. The second kappa shape index (κ2) is 6.04. The van der Waals surface area contributed by atoms with Gasteiger partial charge in [-0.05, 0) is 19.8 Å². The second-order valence-electron chi connectivity index (χ2n) is 2.63. The molecule has 0 rings (SSSR count). The van der Waals surface area contributed by atoms with Crippen LogP contribution in [0.5, 0.6) is 0 Å². The van der Waals surface area contributed by atoms with E-state index in [1.165, 1.54) is 6.20 Å². The maximum atomic E-state index is 9.15. The summed E-state index contributed by atoms with van der Waals surface area (Å²) >= 11 is 0. The molecule has 3 heteroatoms. The van der Waals surface area contributed by atoms with Crippen LogP contribution < -0.4 is 11.1 Å². The Hall–Kier alpha value is -0.700. The summed E-state index contributed by atoms with van der Waals surface area (Å²) in [6.45, 7) is 4.66. The average molecular weight is 158 g/mol. The van der Waals surface area contributed by atoms with Crippen LogP contribution in [0.4, 0.5) is 0 Å². The third-order valence-corrected chi connectivity index (χ3v) is 1.60. The third kappa shape index (κ3) is 5.73. The Bertz CT molecular complexity index is 123. The fourth-order valence-corrected chi connectivity index (χ4v) is 0.699. The van der Waals surface area contributed by atoms with Crippen molar-refractivity contribution in [1.82, 2.24) is 5.32 Å². The van der Waals surface area contributed by atoms with E-state index in [1.54, 1.807) is 0 Å². The molecule has 3 nitrogen and oxygen atoms in total. The Balaban J connectivity index is 3.27. The molecule has 0 fully saturated rings. The standard InChI is InChI=1S/C8H18N2O/c1-3-8(11)4-5-10-7(2)6-9/h6,8,10-11H,3-5,9H2,1-2H3/b7-6+. The number of aliphatic hydroxyl groups is 1. The lowest BCUT2D eigenvalue weighted by atomic mass is 10.2. The molecule has 0 saturated heterocycles. The maximum Gasteiger partial charge on any atom is 0.0554 e. The second-order valence-corrected chi connectivity index (χ2v) is 2.63. The van der Waals surface area contributed by atoms with E-state index < -0.39 is 0 Å². The first-order valence-electron chi connectivity index (χ1n) is 4.01. The van der Waals surface area contributed by atoms with Crippen molar-refractivity contribution < 1.29 is 5.11 Å². The summed E-state index contributed by atoms with van der Waals surface area (Å²) in [6.07, 6.45) is 2.93. The van der Waals surface area contributed by atoms with E-state index in [2.05, 4.69) is 5.32 Å². The van der Waals surface area contributed by atoms with E-state index in [0.29, 0.717) is 0 Å². The Labute approximate surface area is 68.3 Å². The van der Waals surface area contributed by atoms with E-state index in [4.69, 9.17) is 10.8 Å². The molecule has 0 radical (unpaired) electrons. The number of hydrogen-bond acceptors (Lipinski definition) is 3. The summed E-state index contributed by atoms with van der Waals surface area (Å²) in [7, 11) is 0. The van der Waals surface area contributed by atoms with Crippen LogP contribution in [0, 0.1) is 0 Å². The first-order valence-corrected chi connectivity index (χ1v) is 4.01. The highest BCUT2D eigenvalue weighted by atomic mass is 16.3. The van der Waals surface area contributed by atoms with Crippen LogP contribution in [0.2, 0.25) is 0 Å². The molecule has 4 N–H and O–H groups in total. The summed E-state index contributed by atoms with van der Waals surface area (Å²) in [5, 5.41) is 12.2. The van der Waals surface area contributed by atoms with Gasteiger partial charge in [-0.2, -0.15) is 0 Å². The van der Waals surface area contributed by atoms with Gasteiger partial charge in [0, 0.05) is 18.4 Å². The summed E-state index contributed by atoms with van der Waals surface area (Å²) in [4.78, 5) is 0. The maximum absolute atomic E-state index is 9.15. The van der Waals surface area contributed by atoms with Crippen molar-refractivity contribution in [3.63, 3.8) is 0 Å². The minimum absolute atomic E-state index is 0.187. The minimum Gasteiger partial charge on any atom is -0.403 e. The molecule has 0 aliphatic rings. The Kier molecular flexibility index (Phi) is 5.65. The lowest BCUT2D eigenvalue weighted by molar-refractivity contribution is 0.161. The van der Waals surface area contributed by atoms with Crippen molar-refractivity contribution in [2.75, 3.05) is 6.54 Å². The topological polar surface area (TPSA) is 58.3 Å². The SMILES string of the molecule is CCC(O)CCN/C(C)=C/N. The fraction of sp³-hybridized carbons (Fsp3) is 0.750. The number of aliphatic hydroxyl groups excluding tert-OH is 1. The van der Waals surface area contributed by atoms with Gasteiger partial charge in [0.25, 0.3) is 0 Å². The van der Waals surface area contributed by atoms with Crippen LogP contribution in [0.15, 0.2) is 11.9 Å². The molecule has 1 unspecified atom stereocenters. The Morgan fingerprint density at radius 3 is 2.82 bits per heavy atom. The fourth-order valence-electron chi connectivity index (χ4n) is 0.699. The molecule has 0 aromatic rings. The highest BCUT2D eigenvalue weighted by Gasteiger charge is 1.98. The lowest BCUT2D eigenvalue weighted by Gasteiger charge is -2.09. The molecule has 0 saturated carbocycles. The molecular weight excluding hydrogens is 140 g/mol. The van der Waals surface area contributed by atoms with E-state index in [1.807, 2.05) is 13.8 Å². The van der Waals surface area contributed by atoms with Crippen molar-refractivity contribution in [3.8, 4) is 0 Å². The van der Waals surface area contributed by atoms with E-state index in [9.17, 15) is 0 Å². The Morgan fingerprint density at radius 1 is 1.73 bits per heavy atom. The highest BCUT2D eigenvalue weighted by Crippen LogP contribution is 1.95. The van der Waals surface area contributed by atoms with Crippen molar-refractivity contribution in [2.24, 2.45) is 5.73 Å². The van der Waals surface area contributed by atoms with Gasteiger partial charge >= 0.3 is 0 Å². The zero-order chi connectivity index (χ0) is 8.69. The quantitative estimate of drug-likeness (QED) is 0.548. The molecule has 0 spiro atoms. The third-order valence-electron chi connectivity index (χ3n) is 1.60.